The van der Waals surface area contributed by atoms with Crippen LogP contribution in [0.1, 0.15) is 34.5 Å². The van der Waals surface area contributed by atoms with Crippen molar-refractivity contribution in [1.29, 1.82) is 0 Å². The molecular weight excluding hydrogens is 393 g/mol. The van der Waals surface area contributed by atoms with Crippen LogP contribution in [0.4, 0.5) is 8.78 Å². The van der Waals surface area contributed by atoms with Gasteiger partial charge in [-0.1, -0.05) is 17.7 Å². The second-order valence-corrected chi connectivity index (χ2v) is 7.84. The highest BCUT2D eigenvalue weighted by Crippen LogP contribution is 2.34. The lowest BCUT2D eigenvalue weighted by Gasteiger charge is -2.47. The number of likely N-dealkylation sites (tertiary alicyclic amines) is 1. The number of nitrogens with zero attached hydrogens (tertiary/aromatic N) is 2. The van der Waals surface area contributed by atoms with Crippen LogP contribution < -0.4 is 5.32 Å². The Balaban J connectivity index is 1.61. The van der Waals surface area contributed by atoms with E-state index < -0.39 is 16.8 Å². The third-order valence-corrected chi connectivity index (χ3v) is 5.58. The first-order valence-electron chi connectivity index (χ1n) is 9.29. The zero-order valence-electron chi connectivity index (χ0n) is 16.1. The van der Waals surface area contributed by atoms with Crippen LogP contribution in [-0.4, -0.2) is 55.6 Å². The molecule has 29 heavy (non-hydrogen) atoms. The number of hydrogen-bond acceptors (Lipinski definition) is 3. The van der Waals surface area contributed by atoms with Gasteiger partial charge in [0.15, 0.2) is 0 Å². The number of piperidine rings is 1. The summed E-state index contributed by atoms with van der Waals surface area (Å²) in [6.07, 6.45) is 1.65. The molecule has 1 N–H and O–H groups in total. The van der Waals surface area contributed by atoms with Crippen molar-refractivity contribution >= 4 is 33.2 Å². The first-order chi connectivity index (χ1) is 13.6. The number of alkyl halides is 1. The number of halogens is 3. The zero-order chi connectivity index (χ0) is 21.2. The molecule has 2 aromatic rings. The van der Waals surface area contributed by atoms with Crippen molar-refractivity contribution in [2.24, 2.45) is 0 Å². The van der Waals surface area contributed by atoms with Gasteiger partial charge in [-0.25, -0.2) is 8.78 Å². The number of benzene rings is 1. The minimum atomic E-state index is -1.91. The van der Waals surface area contributed by atoms with Crippen molar-refractivity contribution in [3.63, 3.8) is 0 Å². The molecule has 0 bridgehead atoms. The van der Waals surface area contributed by atoms with Crippen LogP contribution in [0.2, 0.25) is 5.02 Å². The predicted octanol–water partition coefficient (Wildman–Crippen LogP) is 2.91. The monoisotopic (exact) mass is 413 g/mol. The van der Waals surface area contributed by atoms with Crippen LogP contribution in [0.3, 0.4) is 0 Å². The number of aryl methyl sites for hydroxylation is 1. The third-order valence-electron chi connectivity index (χ3n) is 5.29. The van der Waals surface area contributed by atoms with E-state index in [2.05, 4.69) is 10.3 Å². The summed E-state index contributed by atoms with van der Waals surface area (Å²) in [5.74, 6) is -0.944. The molecule has 2 heterocycles. The third kappa shape index (κ3) is 4.81. The number of pyridine rings is 1. The van der Waals surface area contributed by atoms with Crippen LogP contribution in [-0.2, 0) is 6.54 Å². The van der Waals surface area contributed by atoms with Crippen molar-refractivity contribution < 1.29 is 13.6 Å². The van der Waals surface area contributed by atoms with Gasteiger partial charge in [0.2, 0.25) is 0 Å². The first kappa shape index (κ1) is 21.8. The zero-order valence-corrected chi connectivity index (χ0v) is 16.8. The largest absolute Gasteiger partial charge is 0.338 e. The number of nitrogens with one attached hydrogen (secondary N) is 1. The second-order valence-electron chi connectivity index (χ2n) is 7.44. The highest BCUT2D eigenvalue weighted by molar-refractivity contribution is 6.41. The molecule has 1 aliphatic rings. The molecule has 0 aliphatic carbocycles. The molecule has 1 aromatic heterocycles. The fraction of sp³-hybridized carbons (Fsp3) is 0.400. The Bertz CT molecular complexity index is 888. The number of carbonyl (C=O) groups is 1. The molecule has 0 spiro atoms. The molecule has 148 valence electrons. The molecule has 1 amide bonds. The van der Waals surface area contributed by atoms with E-state index in [1.807, 2.05) is 19.1 Å². The summed E-state index contributed by atoms with van der Waals surface area (Å²) in [7, 11) is 12.1. The van der Waals surface area contributed by atoms with Crippen LogP contribution in [0.5, 0.6) is 0 Å². The smallest absolute Gasteiger partial charge is 0.253 e. The van der Waals surface area contributed by atoms with E-state index in [0.717, 1.165) is 11.6 Å². The van der Waals surface area contributed by atoms with Gasteiger partial charge in [0, 0.05) is 31.4 Å². The molecule has 0 unspecified atom stereocenters. The van der Waals surface area contributed by atoms with Gasteiger partial charge in [-0.2, -0.15) is 0 Å². The van der Waals surface area contributed by atoms with Gasteiger partial charge in [-0.15, -0.1) is 0 Å². The Morgan fingerprint density at radius 2 is 2.00 bits per heavy atom. The lowest BCUT2D eigenvalue weighted by atomic mass is 9.51. The Morgan fingerprint density at radius 3 is 2.59 bits per heavy atom. The fourth-order valence-electron chi connectivity index (χ4n) is 3.29. The van der Waals surface area contributed by atoms with Gasteiger partial charge < -0.3 is 10.2 Å². The normalized spacial score (nSPS) is 16.6. The highest BCUT2D eigenvalue weighted by atomic mass is 35.5. The van der Waals surface area contributed by atoms with Crippen LogP contribution in [0, 0.1) is 12.7 Å². The summed E-state index contributed by atoms with van der Waals surface area (Å²) < 4.78 is 28.8. The summed E-state index contributed by atoms with van der Waals surface area (Å²) in [6, 6.07) is 7.47. The average molecular weight is 413 g/mol. The molecule has 0 saturated carbocycles. The molecule has 0 atom stereocenters. The van der Waals surface area contributed by atoms with E-state index in [4.69, 9.17) is 27.3 Å². The van der Waals surface area contributed by atoms with Gasteiger partial charge >= 0.3 is 0 Å². The Kier molecular flexibility index (Phi) is 6.34. The topological polar surface area (TPSA) is 45.2 Å². The molecule has 3 rings (SSSR count). The molecule has 4 radical (unpaired) electrons. The summed E-state index contributed by atoms with van der Waals surface area (Å²) in [5, 5.41) is 0.931. The maximum absolute atomic E-state index is 15.5. The van der Waals surface area contributed by atoms with E-state index in [0.29, 0.717) is 5.69 Å². The lowest BCUT2D eigenvalue weighted by molar-refractivity contribution is 0.0292. The van der Waals surface area contributed by atoms with Gasteiger partial charge in [0.05, 0.1) is 26.4 Å². The Labute approximate surface area is 176 Å². The number of hydrogen-bond donors (Lipinski definition) is 1. The average Bonchev–Trinajstić information content (AvgIpc) is 2.69. The van der Waals surface area contributed by atoms with Gasteiger partial charge in [-0.3, -0.25) is 9.78 Å². The molecule has 4 nitrogen and oxygen atoms in total. The summed E-state index contributed by atoms with van der Waals surface area (Å²) >= 11 is 5.74. The van der Waals surface area contributed by atoms with E-state index >= 15 is 4.39 Å². The fourth-order valence-corrected chi connectivity index (χ4v) is 3.47. The summed E-state index contributed by atoms with van der Waals surface area (Å²) in [4.78, 5) is 18.3. The molecule has 1 saturated heterocycles. The minimum Gasteiger partial charge on any atom is -0.338 e. The van der Waals surface area contributed by atoms with Gasteiger partial charge in [0.1, 0.15) is 11.5 Å². The van der Waals surface area contributed by atoms with E-state index in [-0.39, 0.29) is 49.0 Å². The van der Waals surface area contributed by atoms with Crippen molar-refractivity contribution in [2.75, 3.05) is 13.1 Å². The Morgan fingerprint density at radius 1 is 1.31 bits per heavy atom. The molecular formula is C20H20B2ClF2N3O. The maximum atomic E-state index is 15.5. The second kappa shape index (κ2) is 8.44. The first-order valence-corrected chi connectivity index (χ1v) is 9.67. The summed E-state index contributed by atoms with van der Waals surface area (Å²) in [6.45, 7) is 2.40. The number of amides is 1. The van der Waals surface area contributed by atoms with Crippen LogP contribution in [0.15, 0.2) is 36.5 Å². The number of rotatable bonds is 5. The minimum absolute atomic E-state index is 0.0327. The highest BCUT2D eigenvalue weighted by Gasteiger charge is 2.46. The molecule has 9 heteroatoms. The van der Waals surface area contributed by atoms with Crippen molar-refractivity contribution in [3.05, 3.63) is 64.2 Å². The number of carbonyl (C=O) groups excluding carboxylic acids is 1. The van der Waals surface area contributed by atoms with E-state index in [1.165, 1.54) is 17.0 Å². The van der Waals surface area contributed by atoms with Crippen molar-refractivity contribution in [2.45, 2.75) is 37.3 Å². The summed E-state index contributed by atoms with van der Waals surface area (Å²) in [5.41, 5.74) is 0.0508. The van der Waals surface area contributed by atoms with Crippen LogP contribution >= 0.6 is 11.6 Å². The van der Waals surface area contributed by atoms with Gasteiger partial charge in [0.25, 0.3) is 5.91 Å². The SMILES string of the molecule is [B]C([B])(NCc1ccc(C)cn1)C1(F)CCN(C(=O)c2ccc(F)c(Cl)c2)CC1. The van der Waals surface area contributed by atoms with Crippen molar-refractivity contribution in [1.82, 2.24) is 15.2 Å². The molecule has 1 aromatic carbocycles. The van der Waals surface area contributed by atoms with E-state index in [1.54, 1.807) is 6.20 Å². The van der Waals surface area contributed by atoms with Crippen molar-refractivity contribution in [3.8, 4) is 0 Å². The number of aromatic nitrogens is 1. The van der Waals surface area contributed by atoms with E-state index in [9.17, 15) is 9.18 Å². The van der Waals surface area contributed by atoms with Crippen LogP contribution in [0.25, 0.3) is 0 Å². The molecule has 1 aliphatic heterocycles. The lowest BCUT2D eigenvalue weighted by Crippen LogP contribution is -2.65. The predicted molar refractivity (Wildman–Crippen MR) is 110 cm³/mol. The Hall–Kier alpha value is -1.92. The van der Waals surface area contributed by atoms with Gasteiger partial charge in [-0.05, 0) is 54.9 Å². The standard InChI is InChI=1S/C20H20B2ClF2N3O/c1-13-2-4-15(26-11-13)12-27-20(21,22)19(25)6-8-28(9-7-19)18(29)14-3-5-17(24)16(23)10-14/h2-5,10-11,27H,6-9,12H2,1H3. The quantitative estimate of drug-likeness (QED) is 0.767. The molecule has 1 fully saturated rings. The maximum Gasteiger partial charge on any atom is 0.253 e.